The number of amides is 1. The third-order valence-electron chi connectivity index (χ3n) is 11.6. The number of Topliss-reactive ketones (excluding diaryl/α,β-unsaturated/α-hetero) is 1. The van der Waals surface area contributed by atoms with Crippen LogP contribution in [0.1, 0.15) is 125 Å². The highest BCUT2D eigenvalue weighted by atomic mass is 16.5. The van der Waals surface area contributed by atoms with Crippen molar-refractivity contribution in [1.29, 1.82) is 0 Å². The zero-order valence-corrected chi connectivity index (χ0v) is 30.2. The van der Waals surface area contributed by atoms with Crippen molar-refractivity contribution >= 4 is 17.7 Å². The summed E-state index contributed by atoms with van der Waals surface area (Å²) in [4.78, 5) is 43.2. The molecular formula is C40H63NO7. The Morgan fingerprint density at radius 3 is 2.40 bits per heavy atom. The number of aliphatic hydroxyl groups is 2. The molecule has 4 aliphatic rings. The molecule has 1 aliphatic carbocycles. The van der Waals surface area contributed by atoms with Gasteiger partial charge in [-0.15, -0.1) is 0 Å². The van der Waals surface area contributed by atoms with Crippen LogP contribution in [0.15, 0.2) is 36.0 Å². The largest absolute Gasteiger partial charge is 0.460 e. The lowest BCUT2D eigenvalue weighted by atomic mass is 9.79. The van der Waals surface area contributed by atoms with E-state index in [1.165, 1.54) is 0 Å². The van der Waals surface area contributed by atoms with Crippen molar-refractivity contribution < 1.29 is 34.1 Å². The van der Waals surface area contributed by atoms with Crippen LogP contribution in [0, 0.1) is 29.6 Å². The van der Waals surface area contributed by atoms with Crippen LogP contribution in [0.5, 0.6) is 0 Å². The fourth-order valence-corrected chi connectivity index (χ4v) is 8.15. The van der Waals surface area contributed by atoms with Crippen LogP contribution in [0.4, 0.5) is 0 Å². The smallest absolute Gasteiger partial charge is 0.329 e. The van der Waals surface area contributed by atoms with E-state index < -0.39 is 24.2 Å². The second-order valence-corrected chi connectivity index (χ2v) is 15.7. The third-order valence-corrected chi connectivity index (χ3v) is 11.6. The Morgan fingerprint density at radius 1 is 0.896 bits per heavy atom. The van der Waals surface area contributed by atoms with Crippen molar-refractivity contribution in [2.75, 3.05) is 6.54 Å². The number of esters is 1. The third kappa shape index (κ3) is 11.4. The molecule has 8 heteroatoms. The highest BCUT2D eigenvalue weighted by Gasteiger charge is 2.39. The summed E-state index contributed by atoms with van der Waals surface area (Å²) in [7, 11) is 0. The summed E-state index contributed by atoms with van der Waals surface area (Å²) < 4.78 is 12.7. The molecule has 48 heavy (non-hydrogen) atoms. The Kier molecular flexibility index (Phi) is 14.9. The number of carbonyl (C=O) groups excluding carboxylic acids is 3. The van der Waals surface area contributed by atoms with Crippen molar-refractivity contribution in [3.63, 3.8) is 0 Å². The van der Waals surface area contributed by atoms with Crippen molar-refractivity contribution in [2.24, 2.45) is 29.6 Å². The number of ether oxygens (including phenoxy) is 2. The maximum absolute atomic E-state index is 14.0. The summed E-state index contributed by atoms with van der Waals surface area (Å²) in [5.74, 6) is 0.191. The number of cyclic esters (lactones) is 1. The van der Waals surface area contributed by atoms with Crippen molar-refractivity contribution in [1.82, 2.24) is 4.90 Å². The van der Waals surface area contributed by atoms with E-state index in [1.54, 1.807) is 4.90 Å². The zero-order chi connectivity index (χ0) is 34.8. The molecule has 2 N–H and O–H groups in total. The van der Waals surface area contributed by atoms with E-state index in [0.29, 0.717) is 31.7 Å². The number of hydrogen-bond acceptors (Lipinski definition) is 7. The van der Waals surface area contributed by atoms with Crippen LogP contribution in [0.25, 0.3) is 0 Å². The fourth-order valence-electron chi connectivity index (χ4n) is 8.15. The second kappa shape index (κ2) is 18.6. The quantitative estimate of drug-likeness (QED) is 0.315. The van der Waals surface area contributed by atoms with Gasteiger partial charge in [0.05, 0.1) is 30.8 Å². The minimum absolute atomic E-state index is 0.0182. The first-order valence-electron chi connectivity index (χ1n) is 19.0. The van der Waals surface area contributed by atoms with Crippen LogP contribution in [-0.2, 0) is 23.9 Å². The normalized spacial score (nSPS) is 37.7. The van der Waals surface area contributed by atoms with Gasteiger partial charge in [0.1, 0.15) is 17.9 Å². The molecule has 3 heterocycles. The van der Waals surface area contributed by atoms with Crippen LogP contribution >= 0.6 is 0 Å². The maximum atomic E-state index is 14.0. The zero-order valence-electron chi connectivity index (χ0n) is 30.2. The molecule has 3 fully saturated rings. The average molecular weight is 670 g/mol. The predicted molar refractivity (Wildman–Crippen MR) is 188 cm³/mol. The van der Waals surface area contributed by atoms with Gasteiger partial charge >= 0.3 is 5.97 Å². The molecule has 1 amide bonds. The Hall–Kier alpha value is -2.29. The van der Waals surface area contributed by atoms with Gasteiger partial charge in [0.15, 0.2) is 0 Å². The molecule has 2 saturated heterocycles. The van der Waals surface area contributed by atoms with Gasteiger partial charge in [-0.05, 0) is 107 Å². The summed E-state index contributed by atoms with van der Waals surface area (Å²) in [5.41, 5.74) is 0.861. The Labute approximate surface area is 289 Å². The number of rotatable bonds is 3. The highest BCUT2D eigenvalue weighted by Crippen LogP contribution is 2.34. The van der Waals surface area contributed by atoms with E-state index in [0.717, 1.165) is 63.4 Å². The molecule has 8 nitrogen and oxygen atoms in total. The summed E-state index contributed by atoms with van der Waals surface area (Å²) >= 11 is 0. The van der Waals surface area contributed by atoms with E-state index in [1.807, 2.05) is 38.2 Å². The molecule has 0 aromatic carbocycles. The number of ketones is 1. The van der Waals surface area contributed by atoms with Gasteiger partial charge < -0.3 is 24.6 Å². The molecule has 4 rings (SSSR count). The number of carbonyl (C=O) groups is 3. The first-order chi connectivity index (χ1) is 22.9. The number of piperidine rings is 1. The number of hydrogen-bond donors (Lipinski definition) is 2. The van der Waals surface area contributed by atoms with Crippen molar-refractivity contribution in [3.05, 3.63) is 36.0 Å². The van der Waals surface area contributed by atoms with E-state index >= 15 is 0 Å². The van der Waals surface area contributed by atoms with Crippen molar-refractivity contribution in [2.45, 2.75) is 161 Å². The molecule has 3 aliphatic heterocycles. The standard InChI is InChI=1S/C40H63NO7/c1-26-11-7-6-8-12-27(2)35(43)23-33-19-14-28(3)38(47-33)25-39(45)41-20-10-9-13-34(41)40(46)48-37(24-36(44)29(4)21-26)30(5)22-31-15-17-32(42)18-16-31/h6-8,11-12,26,28-35,37-38,42-43H,9-10,13-25H2,1-5H3. The van der Waals surface area contributed by atoms with E-state index in [9.17, 15) is 24.6 Å². The summed E-state index contributed by atoms with van der Waals surface area (Å²) in [6.07, 6.45) is 17.9. The average Bonchev–Trinajstić information content (AvgIpc) is 3.06. The van der Waals surface area contributed by atoms with Crippen LogP contribution in [0.2, 0.25) is 0 Å². The minimum atomic E-state index is -0.665. The molecule has 9 unspecified atom stereocenters. The van der Waals surface area contributed by atoms with Gasteiger partial charge in [0.2, 0.25) is 5.91 Å². The van der Waals surface area contributed by atoms with Gasteiger partial charge in [-0.1, -0.05) is 58.1 Å². The predicted octanol–water partition coefficient (Wildman–Crippen LogP) is 6.88. The fraction of sp³-hybridized carbons (Fsp3) is 0.775. The summed E-state index contributed by atoms with van der Waals surface area (Å²) in [6, 6.07) is -0.665. The Balaban J connectivity index is 1.57. The molecule has 1 saturated carbocycles. The molecule has 9 atom stereocenters. The monoisotopic (exact) mass is 669 g/mol. The topological polar surface area (TPSA) is 113 Å². The van der Waals surface area contributed by atoms with Crippen molar-refractivity contribution in [3.8, 4) is 0 Å². The van der Waals surface area contributed by atoms with E-state index in [-0.39, 0.29) is 66.5 Å². The lowest BCUT2D eigenvalue weighted by molar-refractivity contribution is -0.167. The lowest BCUT2D eigenvalue weighted by Gasteiger charge is -2.39. The molecule has 0 aromatic rings. The Morgan fingerprint density at radius 2 is 1.65 bits per heavy atom. The Bertz CT molecular complexity index is 1150. The lowest BCUT2D eigenvalue weighted by Crippen LogP contribution is -2.51. The van der Waals surface area contributed by atoms with Gasteiger partial charge in [0, 0.05) is 25.3 Å². The summed E-state index contributed by atoms with van der Waals surface area (Å²) in [6.45, 7) is 10.7. The number of aliphatic hydroxyl groups excluding tert-OH is 2. The highest BCUT2D eigenvalue weighted by molar-refractivity contribution is 5.86. The number of allylic oxidation sites excluding steroid dienone is 5. The van der Waals surface area contributed by atoms with Gasteiger partial charge in [-0.3, -0.25) is 9.59 Å². The summed E-state index contributed by atoms with van der Waals surface area (Å²) in [5, 5.41) is 21.0. The maximum Gasteiger partial charge on any atom is 0.329 e. The van der Waals surface area contributed by atoms with Gasteiger partial charge in [0.25, 0.3) is 0 Å². The van der Waals surface area contributed by atoms with E-state index in [2.05, 4.69) is 26.8 Å². The SMILES string of the molecule is CC1=CC=CC=CC(C)CC(C)C(=O)CC(C(C)CC2CCC(O)CC2)OC(=O)C2CCCCN2C(=O)CC2OC(CCC2C)CC1O. The molecule has 0 spiro atoms. The molecular weight excluding hydrogens is 606 g/mol. The van der Waals surface area contributed by atoms with Crippen LogP contribution < -0.4 is 0 Å². The molecule has 0 aromatic heterocycles. The molecule has 270 valence electrons. The second-order valence-electron chi connectivity index (χ2n) is 15.7. The van der Waals surface area contributed by atoms with Crippen LogP contribution in [-0.4, -0.2) is 75.9 Å². The van der Waals surface area contributed by atoms with Gasteiger partial charge in [-0.25, -0.2) is 4.79 Å². The minimum Gasteiger partial charge on any atom is -0.460 e. The molecule has 0 radical (unpaired) electrons. The van der Waals surface area contributed by atoms with Crippen LogP contribution in [0.3, 0.4) is 0 Å². The number of fused-ring (bicyclic) bond motifs is 3. The van der Waals surface area contributed by atoms with E-state index in [4.69, 9.17) is 9.47 Å². The first-order valence-corrected chi connectivity index (χ1v) is 19.0. The number of nitrogens with zero attached hydrogens (tertiary/aromatic N) is 1. The first kappa shape index (κ1) is 38.5. The molecule has 2 bridgehead atoms. The van der Waals surface area contributed by atoms with Gasteiger partial charge in [-0.2, -0.15) is 0 Å².